The van der Waals surface area contributed by atoms with E-state index in [0.717, 1.165) is 9.35 Å². The van der Waals surface area contributed by atoms with Crippen LogP contribution in [0.4, 0.5) is 0 Å². The Bertz CT molecular complexity index is 607. The van der Waals surface area contributed by atoms with Crippen LogP contribution < -0.4 is 0 Å². The fourth-order valence-corrected chi connectivity index (χ4v) is 3.81. The van der Waals surface area contributed by atoms with Gasteiger partial charge in [-0.3, -0.25) is 4.31 Å². The Balaban J connectivity index is 2.46. The molecule has 1 atom stereocenters. The van der Waals surface area contributed by atoms with Crippen LogP contribution in [0.25, 0.3) is 0 Å². The summed E-state index contributed by atoms with van der Waals surface area (Å²) in [6.07, 6.45) is 1.53. The lowest BCUT2D eigenvalue weighted by molar-refractivity contribution is -0.137. The number of allylic oxidation sites excluding steroid dienone is 1. The number of hydrogen-bond donors (Lipinski definition) is 0. The van der Waals surface area contributed by atoms with Crippen molar-refractivity contribution in [2.24, 2.45) is 4.40 Å². The quantitative estimate of drug-likeness (QED) is 0.737. The predicted molar refractivity (Wildman–Crippen MR) is 79.6 cm³/mol. The molecule has 0 saturated heterocycles. The maximum absolute atomic E-state index is 11.9. The minimum Gasteiger partial charge on any atom is -0.464 e. The molecule has 0 N–H and O–H groups in total. The normalized spacial score (nSPS) is 18.9. The highest BCUT2D eigenvalue weighted by molar-refractivity contribution is 9.10. The van der Waals surface area contributed by atoms with Crippen LogP contribution in [-0.4, -0.2) is 34.4 Å². The van der Waals surface area contributed by atoms with Gasteiger partial charge in [0.05, 0.1) is 17.7 Å². The van der Waals surface area contributed by atoms with Crippen molar-refractivity contribution < 1.29 is 13.7 Å². The number of carbonyl (C=O) groups is 1. The van der Waals surface area contributed by atoms with Gasteiger partial charge in [-0.05, 0) is 28.1 Å². The maximum Gasteiger partial charge on any atom is 0.355 e. The van der Waals surface area contributed by atoms with Crippen LogP contribution in [0.3, 0.4) is 0 Å². The van der Waals surface area contributed by atoms with Crippen LogP contribution >= 0.6 is 38.9 Å². The Hall–Kier alpha value is -0.700. The van der Waals surface area contributed by atoms with Gasteiger partial charge in [0.1, 0.15) is 10.0 Å². The first-order valence-corrected chi connectivity index (χ1v) is 7.98. The molecule has 9 heteroatoms. The molecule has 1 aliphatic heterocycles. The summed E-state index contributed by atoms with van der Waals surface area (Å²) in [4.78, 5) is 12.3. The number of esters is 1. The Labute approximate surface area is 129 Å². The first kappa shape index (κ1) is 14.7. The highest BCUT2D eigenvalue weighted by atomic mass is 79.9. The number of hydrogen-bond acceptors (Lipinski definition) is 4. The minimum atomic E-state index is -1.66. The molecule has 0 amide bonds. The zero-order chi connectivity index (χ0) is 14.2. The number of carbonyl (C=O) groups excluding carboxylic acids is 1. The zero-order valence-corrected chi connectivity index (χ0v) is 13.8. The third kappa shape index (κ3) is 2.91. The topological polar surface area (TPSA) is 59.0 Å². The smallest absolute Gasteiger partial charge is 0.355 e. The molecule has 0 spiro atoms. The number of methoxy groups -OCH3 is 1. The largest absolute Gasteiger partial charge is 0.464 e. The van der Waals surface area contributed by atoms with Gasteiger partial charge in [0, 0.05) is 11.5 Å². The second-order valence-corrected chi connectivity index (χ2v) is 7.16. The van der Waals surface area contributed by atoms with Gasteiger partial charge in [0.15, 0.2) is 0 Å². The summed E-state index contributed by atoms with van der Waals surface area (Å²) in [5, 5.41) is 0. The summed E-state index contributed by atoms with van der Waals surface area (Å²) in [6.45, 7) is 0. The van der Waals surface area contributed by atoms with Gasteiger partial charge in [0.25, 0.3) is 0 Å². The molecule has 0 saturated carbocycles. The van der Waals surface area contributed by atoms with Gasteiger partial charge >= 0.3 is 5.97 Å². The molecule has 0 radical (unpaired) electrons. The zero-order valence-electron chi connectivity index (χ0n) is 9.85. The molecule has 5 nitrogen and oxygen atoms in total. The Morgan fingerprint density at radius 2 is 2.32 bits per heavy atom. The summed E-state index contributed by atoms with van der Waals surface area (Å²) in [5.74, 6) is -0.565. The van der Waals surface area contributed by atoms with Gasteiger partial charge in [-0.1, -0.05) is 11.6 Å². The highest BCUT2D eigenvalue weighted by Gasteiger charge is 2.26. The molecule has 102 valence electrons. The highest BCUT2D eigenvalue weighted by Crippen LogP contribution is 2.33. The summed E-state index contributed by atoms with van der Waals surface area (Å²) in [7, 11) is 2.78. The summed E-state index contributed by atoms with van der Waals surface area (Å²) in [6, 6.07) is 1.76. The summed E-state index contributed by atoms with van der Waals surface area (Å²) < 4.78 is 23.1. The van der Waals surface area contributed by atoms with Crippen molar-refractivity contribution in [3.8, 4) is 0 Å². The first-order chi connectivity index (χ1) is 8.93. The molecular formula is C10H8BrClN2O3S2. The fraction of sp³-hybridized carbons (Fsp3) is 0.200. The molecule has 0 aromatic carbocycles. The Morgan fingerprint density at radius 3 is 2.84 bits per heavy atom. The average molecular weight is 384 g/mol. The second kappa shape index (κ2) is 5.74. The Kier molecular flexibility index (Phi) is 4.44. The summed E-state index contributed by atoms with van der Waals surface area (Å²) >= 11 is 8.87. The SMILES string of the molecule is COC(=O)C1=CC(c2cc(Br)c(Cl)s2)=NS(=O)N1C. The van der Waals surface area contributed by atoms with Crippen LogP contribution in [-0.2, 0) is 20.7 Å². The molecule has 19 heavy (non-hydrogen) atoms. The standard InChI is InChI=1S/C10H8BrClN2O3S2/c1-14-7(10(15)17-2)4-6(13-19(14)16)8-3-5(11)9(12)18-8/h3-4H,1-2H3. The molecule has 2 rings (SSSR count). The average Bonchev–Trinajstić information content (AvgIpc) is 2.72. The van der Waals surface area contributed by atoms with Crippen molar-refractivity contribution in [2.75, 3.05) is 14.2 Å². The van der Waals surface area contributed by atoms with E-state index in [1.807, 2.05) is 0 Å². The van der Waals surface area contributed by atoms with Gasteiger partial charge in [0.2, 0.25) is 11.2 Å². The number of likely N-dealkylation sites (N-methyl/N-ethyl adjacent to an activating group) is 1. The Morgan fingerprint density at radius 1 is 1.63 bits per heavy atom. The summed E-state index contributed by atoms with van der Waals surface area (Å²) in [5.41, 5.74) is 0.626. The van der Waals surface area contributed by atoms with Crippen molar-refractivity contribution in [1.29, 1.82) is 0 Å². The van der Waals surface area contributed by atoms with E-state index < -0.39 is 17.1 Å². The van der Waals surface area contributed by atoms with E-state index >= 15 is 0 Å². The van der Waals surface area contributed by atoms with Gasteiger partial charge in [-0.25, -0.2) is 9.00 Å². The second-order valence-electron chi connectivity index (χ2n) is 3.46. The van der Waals surface area contributed by atoms with Crippen LogP contribution in [0.15, 0.2) is 26.7 Å². The van der Waals surface area contributed by atoms with Crippen molar-refractivity contribution in [2.45, 2.75) is 0 Å². The van der Waals surface area contributed by atoms with E-state index in [0.29, 0.717) is 10.0 Å². The van der Waals surface area contributed by atoms with Gasteiger partial charge < -0.3 is 4.74 Å². The van der Waals surface area contributed by atoms with Gasteiger partial charge in [-0.2, -0.15) is 4.40 Å². The first-order valence-electron chi connectivity index (χ1n) is 4.93. The van der Waals surface area contributed by atoms with E-state index in [1.165, 1.54) is 35.9 Å². The molecule has 2 heterocycles. The maximum atomic E-state index is 11.9. The van der Waals surface area contributed by atoms with Crippen molar-refractivity contribution in [3.63, 3.8) is 0 Å². The third-order valence-electron chi connectivity index (χ3n) is 2.32. The lowest BCUT2D eigenvalue weighted by Crippen LogP contribution is -2.29. The van der Waals surface area contributed by atoms with Crippen LogP contribution in [0.2, 0.25) is 4.34 Å². The molecule has 0 bridgehead atoms. The predicted octanol–water partition coefficient (Wildman–Crippen LogP) is 2.53. The van der Waals surface area contributed by atoms with E-state index in [9.17, 15) is 9.00 Å². The molecule has 1 aromatic rings. The molecule has 1 aliphatic rings. The number of nitrogens with zero attached hydrogens (tertiary/aromatic N) is 2. The number of rotatable bonds is 2. The fourth-order valence-electron chi connectivity index (χ4n) is 1.36. The third-order valence-corrected chi connectivity index (χ3v) is 5.83. The van der Waals surface area contributed by atoms with Crippen LogP contribution in [0.5, 0.6) is 0 Å². The molecule has 1 unspecified atom stereocenters. The number of thiophene rings is 1. The van der Waals surface area contributed by atoms with E-state index in [2.05, 4.69) is 25.1 Å². The minimum absolute atomic E-state index is 0.187. The van der Waals surface area contributed by atoms with E-state index in [1.54, 1.807) is 6.07 Å². The van der Waals surface area contributed by atoms with Crippen LogP contribution in [0, 0.1) is 0 Å². The molecular weight excluding hydrogens is 376 g/mol. The van der Waals surface area contributed by atoms with E-state index in [4.69, 9.17) is 11.6 Å². The number of ether oxygens (including phenoxy) is 1. The van der Waals surface area contributed by atoms with Crippen LogP contribution in [0.1, 0.15) is 4.88 Å². The number of halogens is 2. The molecule has 1 aromatic heterocycles. The van der Waals surface area contributed by atoms with E-state index in [-0.39, 0.29) is 5.70 Å². The monoisotopic (exact) mass is 382 g/mol. The van der Waals surface area contributed by atoms with Gasteiger partial charge in [-0.15, -0.1) is 11.3 Å². The molecule has 0 aliphatic carbocycles. The molecule has 0 fully saturated rings. The van der Waals surface area contributed by atoms with Crippen molar-refractivity contribution >= 4 is 61.7 Å². The lowest BCUT2D eigenvalue weighted by atomic mass is 10.2. The van der Waals surface area contributed by atoms with Crippen molar-refractivity contribution in [1.82, 2.24) is 4.31 Å². The van der Waals surface area contributed by atoms with Crippen molar-refractivity contribution in [3.05, 3.63) is 31.5 Å². The lowest BCUT2D eigenvalue weighted by Gasteiger charge is -2.20.